The average molecular weight is 320 g/mol. The fourth-order valence-electron chi connectivity index (χ4n) is 3.34. The van der Waals surface area contributed by atoms with Crippen LogP contribution in [0.15, 0.2) is 71.3 Å². The van der Waals surface area contributed by atoms with Crippen molar-refractivity contribution in [3.8, 4) is 11.5 Å². The Balaban J connectivity index is 1.49. The van der Waals surface area contributed by atoms with Gasteiger partial charge in [0.2, 0.25) is 5.89 Å². The highest BCUT2D eigenvalue weighted by molar-refractivity contribution is 5.52. The van der Waals surface area contributed by atoms with Crippen molar-refractivity contribution in [3.05, 3.63) is 78.2 Å². The second kappa shape index (κ2) is 6.23. The van der Waals surface area contributed by atoms with Crippen LogP contribution in [-0.2, 0) is 12.1 Å². The van der Waals surface area contributed by atoms with Crippen molar-refractivity contribution in [3.63, 3.8) is 0 Å². The molecule has 0 saturated heterocycles. The number of nitrogens with one attached hydrogen (secondary N) is 1. The van der Waals surface area contributed by atoms with Crippen LogP contribution in [-0.4, -0.2) is 16.2 Å². The molecule has 2 aromatic carbocycles. The largest absolute Gasteiger partial charge is 0.440 e. The highest BCUT2D eigenvalue weighted by Crippen LogP contribution is 2.41. The normalized spacial score (nSPS) is 23.0. The maximum absolute atomic E-state index is 9.82. The number of nitrogens with zero attached hydrogens (tertiary/aromatic N) is 1. The van der Waals surface area contributed by atoms with E-state index in [0.717, 1.165) is 24.2 Å². The summed E-state index contributed by atoms with van der Waals surface area (Å²) in [7, 11) is 0. The summed E-state index contributed by atoms with van der Waals surface area (Å²) in [5, 5.41) is 13.4. The van der Waals surface area contributed by atoms with Gasteiger partial charge in [-0.05, 0) is 30.5 Å². The van der Waals surface area contributed by atoms with Gasteiger partial charge in [-0.3, -0.25) is 0 Å². The number of benzene rings is 2. The summed E-state index contributed by atoms with van der Waals surface area (Å²) in [6.07, 6.45) is 2.96. The van der Waals surface area contributed by atoms with Gasteiger partial charge >= 0.3 is 0 Å². The first-order valence-electron chi connectivity index (χ1n) is 8.24. The quantitative estimate of drug-likeness (QED) is 0.755. The SMILES string of the molecule is OC1CC(NCc2cnc(-c3ccccc3)o2)(c2ccccc2)C1. The van der Waals surface area contributed by atoms with Crippen LogP contribution in [0.2, 0.25) is 0 Å². The van der Waals surface area contributed by atoms with Crippen LogP contribution in [0.25, 0.3) is 11.5 Å². The van der Waals surface area contributed by atoms with Crippen LogP contribution in [0, 0.1) is 0 Å². The molecule has 0 amide bonds. The number of hydrogen-bond acceptors (Lipinski definition) is 4. The highest BCUT2D eigenvalue weighted by atomic mass is 16.4. The summed E-state index contributed by atoms with van der Waals surface area (Å²) < 4.78 is 5.86. The second-order valence-corrected chi connectivity index (χ2v) is 6.36. The minimum absolute atomic E-state index is 0.180. The van der Waals surface area contributed by atoms with E-state index in [0.29, 0.717) is 12.4 Å². The maximum atomic E-state index is 9.82. The molecular weight excluding hydrogens is 300 g/mol. The molecule has 2 N–H and O–H groups in total. The van der Waals surface area contributed by atoms with E-state index in [1.807, 2.05) is 48.5 Å². The van der Waals surface area contributed by atoms with Crippen molar-refractivity contribution in [2.24, 2.45) is 0 Å². The first-order chi connectivity index (χ1) is 11.8. The van der Waals surface area contributed by atoms with Gasteiger partial charge in [-0.2, -0.15) is 0 Å². The van der Waals surface area contributed by atoms with E-state index in [2.05, 4.69) is 22.4 Å². The molecular formula is C20H20N2O2. The molecule has 0 bridgehead atoms. The molecule has 24 heavy (non-hydrogen) atoms. The smallest absolute Gasteiger partial charge is 0.226 e. The summed E-state index contributed by atoms with van der Waals surface area (Å²) in [6, 6.07) is 20.2. The molecule has 4 rings (SSSR count). The van der Waals surface area contributed by atoms with Gasteiger partial charge in [-0.15, -0.1) is 0 Å². The predicted octanol–water partition coefficient (Wildman–Crippen LogP) is 3.48. The van der Waals surface area contributed by atoms with Crippen LogP contribution in [0.4, 0.5) is 0 Å². The monoisotopic (exact) mass is 320 g/mol. The van der Waals surface area contributed by atoms with Crippen molar-refractivity contribution in [2.75, 3.05) is 0 Å². The van der Waals surface area contributed by atoms with E-state index >= 15 is 0 Å². The van der Waals surface area contributed by atoms with Gasteiger partial charge in [-0.25, -0.2) is 4.98 Å². The van der Waals surface area contributed by atoms with Crippen LogP contribution < -0.4 is 5.32 Å². The lowest BCUT2D eigenvalue weighted by Crippen LogP contribution is -2.54. The molecule has 0 unspecified atom stereocenters. The molecule has 0 radical (unpaired) electrons. The Hall–Kier alpha value is -2.43. The Morgan fingerprint density at radius 2 is 1.71 bits per heavy atom. The number of aliphatic hydroxyl groups excluding tert-OH is 1. The summed E-state index contributed by atoms with van der Waals surface area (Å²) >= 11 is 0. The molecule has 1 heterocycles. The molecule has 4 heteroatoms. The van der Waals surface area contributed by atoms with E-state index in [9.17, 15) is 5.11 Å². The lowest BCUT2D eigenvalue weighted by atomic mass is 9.69. The first kappa shape index (κ1) is 15.1. The molecule has 4 nitrogen and oxygen atoms in total. The van der Waals surface area contributed by atoms with Gasteiger partial charge in [0.25, 0.3) is 0 Å². The molecule has 1 aromatic heterocycles. The van der Waals surface area contributed by atoms with Crippen molar-refractivity contribution >= 4 is 0 Å². The third-order valence-electron chi connectivity index (χ3n) is 4.67. The van der Waals surface area contributed by atoms with E-state index in [-0.39, 0.29) is 11.6 Å². The number of aromatic nitrogens is 1. The van der Waals surface area contributed by atoms with Gasteiger partial charge in [0, 0.05) is 11.1 Å². The van der Waals surface area contributed by atoms with Gasteiger partial charge in [0.1, 0.15) is 5.76 Å². The lowest BCUT2D eigenvalue weighted by Gasteiger charge is -2.46. The highest BCUT2D eigenvalue weighted by Gasteiger charge is 2.44. The third kappa shape index (κ3) is 2.86. The molecule has 1 fully saturated rings. The summed E-state index contributed by atoms with van der Waals surface area (Å²) in [5.74, 6) is 1.43. The standard InChI is InChI=1S/C20H20N2O2/c23-17-11-20(12-17,16-9-5-2-6-10-16)22-14-18-13-21-19(24-18)15-7-3-1-4-8-15/h1-10,13,17,22-23H,11-12,14H2. The number of rotatable bonds is 5. The van der Waals surface area contributed by atoms with E-state index in [4.69, 9.17) is 4.42 Å². The van der Waals surface area contributed by atoms with E-state index in [1.54, 1.807) is 6.20 Å². The Morgan fingerprint density at radius 1 is 1.04 bits per heavy atom. The van der Waals surface area contributed by atoms with Crippen LogP contribution in [0.1, 0.15) is 24.2 Å². The van der Waals surface area contributed by atoms with Crippen LogP contribution in [0.3, 0.4) is 0 Å². The fraction of sp³-hybridized carbons (Fsp3) is 0.250. The minimum atomic E-state index is -0.243. The van der Waals surface area contributed by atoms with Crippen molar-refractivity contribution in [1.29, 1.82) is 0 Å². The second-order valence-electron chi connectivity index (χ2n) is 6.36. The van der Waals surface area contributed by atoms with Crippen molar-refractivity contribution in [1.82, 2.24) is 10.3 Å². The summed E-state index contributed by atoms with van der Waals surface area (Å²) in [4.78, 5) is 4.36. The summed E-state index contributed by atoms with van der Waals surface area (Å²) in [6.45, 7) is 0.585. The Kier molecular flexibility index (Phi) is 3.92. The topological polar surface area (TPSA) is 58.3 Å². The molecule has 1 aliphatic rings. The Morgan fingerprint density at radius 3 is 2.38 bits per heavy atom. The van der Waals surface area contributed by atoms with E-state index in [1.165, 1.54) is 5.56 Å². The number of oxazole rings is 1. The molecule has 1 saturated carbocycles. The molecule has 122 valence electrons. The molecule has 0 aliphatic heterocycles. The number of hydrogen-bond donors (Lipinski definition) is 2. The van der Waals surface area contributed by atoms with Gasteiger partial charge in [0.05, 0.1) is 18.8 Å². The predicted molar refractivity (Wildman–Crippen MR) is 92.1 cm³/mol. The van der Waals surface area contributed by atoms with Gasteiger partial charge in [-0.1, -0.05) is 48.5 Å². The van der Waals surface area contributed by atoms with Crippen LogP contribution in [0.5, 0.6) is 0 Å². The fourth-order valence-corrected chi connectivity index (χ4v) is 3.34. The third-order valence-corrected chi connectivity index (χ3v) is 4.67. The molecule has 0 spiro atoms. The van der Waals surface area contributed by atoms with Crippen molar-refractivity contribution in [2.45, 2.75) is 31.0 Å². The molecule has 1 aliphatic carbocycles. The first-order valence-corrected chi connectivity index (χ1v) is 8.24. The maximum Gasteiger partial charge on any atom is 0.226 e. The zero-order chi connectivity index (χ0) is 16.4. The zero-order valence-corrected chi connectivity index (χ0v) is 13.4. The molecule has 0 atom stereocenters. The lowest BCUT2D eigenvalue weighted by molar-refractivity contribution is -0.00297. The Labute approximate surface area is 141 Å². The summed E-state index contributed by atoms with van der Waals surface area (Å²) in [5.41, 5.74) is 2.00. The Bertz CT molecular complexity index is 793. The van der Waals surface area contributed by atoms with E-state index < -0.39 is 0 Å². The number of aliphatic hydroxyl groups is 1. The zero-order valence-electron chi connectivity index (χ0n) is 13.4. The van der Waals surface area contributed by atoms with Gasteiger partial charge < -0.3 is 14.8 Å². The molecule has 3 aromatic rings. The van der Waals surface area contributed by atoms with Crippen LogP contribution >= 0.6 is 0 Å². The van der Waals surface area contributed by atoms with Gasteiger partial charge in [0.15, 0.2) is 0 Å². The average Bonchev–Trinajstić information content (AvgIpc) is 3.08. The van der Waals surface area contributed by atoms with Crippen molar-refractivity contribution < 1.29 is 9.52 Å². The minimum Gasteiger partial charge on any atom is -0.440 e.